The highest BCUT2D eigenvalue weighted by molar-refractivity contribution is 5.70. The number of hydrogen-bond acceptors (Lipinski definition) is 7. The third-order valence-electron chi connectivity index (χ3n) is 5.40. The zero-order chi connectivity index (χ0) is 17.8. The SMILES string of the molecule is CC[C@@]12CN(OCCF)[C@@H]([C@H](n3cnc4c(=O)[nH]c(N)nc43)O1)[C@@H]2C. The maximum atomic E-state index is 12.6. The zero-order valence-corrected chi connectivity index (χ0v) is 14.1. The Morgan fingerprint density at radius 2 is 2.40 bits per heavy atom. The first-order chi connectivity index (χ1) is 12.0. The largest absolute Gasteiger partial charge is 0.369 e. The van der Waals surface area contributed by atoms with Crippen molar-refractivity contribution in [2.45, 2.75) is 38.1 Å². The number of fused-ring (bicyclic) bond motifs is 3. The Hall–Kier alpha value is -2.04. The summed E-state index contributed by atoms with van der Waals surface area (Å²) in [6.45, 7) is 4.19. The van der Waals surface area contributed by atoms with Crippen LogP contribution in [0.3, 0.4) is 0 Å². The van der Waals surface area contributed by atoms with Gasteiger partial charge in [0.1, 0.15) is 6.67 Å². The second kappa shape index (κ2) is 5.75. The van der Waals surface area contributed by atoms with Gasteiger partial charge in [-0.15, -0.1) is 0 Å². The van der Waals surface area contributed by atoms with Gasteiger partial charge in [0.05, 0.1) is 31.1 Å². The molecule has 2 aromatic rings. The van der Waals surface area contributed by atoms with Gasteiger partial charge in [0.2, 0.25) is 5.95 Å². The fourth-order valence-electron chi connectivity index (χ4n) is 4.07. The molecule has 25 heavy (non-hydrogen) atoms. The van der Waals surface area contributed by atoms with Crippen LogP contribution in [0.1, 0.15) is 26.5 Å². The van der Waals surface area contributed by atoms with Crippen LogP contribution in [0, 0.1) is 5.92 Å². The molecule has 0 amide bonds. The third-order valence-corrected chi connectivity index (χ3v) is 5.40. The van der Waals surface area contributed by atoms with Gasteiger partial charge in [-0.05, 0) is 6.42 Å². The van der Waals surface area contributed by atoms with Gasteiger partial charge in [0.25, 0.3) is 5.56 Å². The van der Waals surface area contributed by atoms with E-state index in [9.17, 15) is 9.18 Å². The molecule has 0 radical (unpaired) electrons. The van der Waals surface area contributed by atoms with Crippen LogP contribution in [0.2, 0.25) is 0 Å². The van der Waals surface area contributed by atoms with E-state index in [1.165, 1.54) is 6.33 Å². The number of anilines is 1. The van der Waals surface area contributed by atoms with Crippen molar-refractivity contribution >= 4 is 17.1 Å². The molecule has 4 atom stereocenters. The lowest BCUT2D eigenvalue weighted by molar-refractivity contribution is -0.248. The number of morpholine rings is 1. The molecule has 2 saturated heterocycles. The molecule has 0 aromatic carbocycles. The molecule has 2 bridgehead atoms. The van der Waals surface area contributed by atoms with Crippen molar-refractivity contribution in [2.75, 3.05) is 25.6 Å². The first-order valence-electron chi connectivity index (χ1n) is 8.36. The fourth-order valence-corrected chi connectivity index (χ4v) is 4.07. The number of aromatic amines is 1. The number of hydroxylamine groups is 2. The predicted molar refractivity (Wildman–Crippen MR) is 87.3 cm³/mol. The van der Waals surface area contributed by atoms with Crippen LogP contribution in [0.5, 0.6) is 0 Å². The number of halogens is 1. The van der Waals surface area contributed by atoms with Crippen LogP contribution in [-0.4, -0.2) is 56.1 Å². The van der Waals surface area contributed by atoms with Gasteiger partial charge in [0.15, 0.2) is 17.4 Å². The number of nitrogens with two attached hydrogens (primary N) is 1. The average Bonchev–Trinajstić information content (AvgIpc) is 3.21. The molecular formula is C15H21FN6O3. The van der Waals surface area contributed by atoms with E-state index in [0.717, 1.165) is 6.42 Å². The molecule has 2 aromatic heterocycles. The van der Waals surface area contributed by atoms with Crippen LogP contribution in [0.4, 0.5) is 10.3 Å². The highest BCUT2D eigenvalue weighted by Gasteiger charge is 2.62. The minimum atomic E-state index is -0.552. The Bertz CT molecular complexity index is 853. The topological polar surface area (TPSA) is 111 Å². The molecule has 0 saturated carbocycles. The summed E-state index contributed by atoms with van der Waals surface area (Å²) in [5.74, 6) is 0.185. The van der Waals surface area contributed by atoms with Gasteiger partial charge < -0.3 is 10.5 Å². The maximum Gasteiger partial charge on any atom is 0.280 e. The molecule has 4 rings (SSSR count). The number of ether oxygens (including phenoxy) is 1. The molecule has 2 fully saturated rings. The molecule has 2 aliphatic heterocycles. The number of nitrogen functional groups attached to an aromatic ring is 1. The van der Waals surface area contributed by atoms with E-state index in [0.29, 0.717) is 12.2 Å². The number of alkyl halides is 1. The fraction of sp³-hybridized carbons (Fsp3) is 0.667. The summed E-state index contributed by atoms with van der Waals surface area (Å²) in [5, 5.41) is 1.80. The molecule has 2 aliphatic rings. The van der Waals surface area contributed by atoms with Crippen molar-refractivity contribution < 1.29 is 14.0 Å². The number of nitrogens with zero attached hydrogens (tertiary/aromatic N) is 4. The Labute approximate surface area is 142 Å². The highest BCUT2D eigenvalue weighted by Crippen LogP contribution is 2.52. The van der Waals surface area contributed by atoms with Crippen LogP contribution in [0.25, 0.3) is 11.2 Å². The second-order valence-corrected chi connectivity index (χ2v) is 6.58. The van der Waals surface area contributed by atoms with E-state index in [4.69, 9.17) is 15.3 Å². The number of hydrogen-bond donors (Lipinski definition) is 2. The Balaban J connectivity index is 1.77. The molecular weight excluding hydrogens is 331 g/mol. The predicted octanol–water partition coefficient (Wildman–Crippen LogP) is 0.601. The summed E-state index contributed by atoms with van der Waals surface area (Å²) in [6.07, 6.45) is 1.88. The Kier molecular flexibility index (Phi) is 3.78. The summed E-state index contributed by atoms with van der Waals surface area (Å²) in [7, 11) is 0. The van der Waals surface area contributed by atoms with E-state index in [1.54, 1.807) is 9.63 Å². The lowest BCUT2D eigenvalue weighted by Gasteiger charge is -2.36. The van der Waals surface area contributed by atoms with E-state index < -0.39 is 24.1 Å². The van der Waals surface area contributed by atoms with Crippen molar-refractivity contribution in [3.8, 4) is 0 Å². The van der Waals surface area contributed by atoms with E-state index in [2.05, 4.69) is 28.8 Å². The number of rotatable bonds is 5. The van der Waals surface area contributed by atoms with Gasteiger partial charge in [-0.2, -0.15) is 10.0 Å². The number of imidazole rings is 1. The van der Waals surface area contributed by atoms with Gasteiger partial charge in [-0.3, -0.25) is 19.2 Å². The van der Waals surface area contributed by atoms with Crippen molar-refractivity contribution in [1.82, 2.24) is 24.6 Å². The zero-order valence-electron chi connectivity index (χ0n) is 14.1. The highest BCUT2D eigenvalue weighted by atomic mass is 19.1. The summed E-state index contributed by atoms with van der Waals surface area (Å²) >= 11 is 0. The standard InChI is InChI=1S/C15H21FN6O3/c1-3-15-6-22(24-5-4-16)10(8(15)2)13(25-15)21-7-18-9-11(21)19-14(17)20-12(9)23/h7-8,10,13H,3-6H2,1-2H3,(H3,17,19,20,23)/t8-,10+,13+,15-/m0/s1. The first-order valence-corrected chi connectivity index (χ1v) is 8.36. The lowest BCUT2D eigenvalue weighted by Crippen LogP contribution is -2.45. The molecule has 0 unspecified atom stereocenters. The summed E-state index contributed by atoms with van der Waals surface area (Å²) in [6, 6.07) is -0.133. The van der Waals surface area contributed by atoms with Gasteiger partial charge in [0, 0.05) is 5.92 Å². The lowest BCUT2D eigenvalue weighted by atomic mass is 9.88. The molecule has 9 nitrogen and oxygen atoms in total. The van der Waals surface area contributed by atoms with Crippen molar-refractivity contribution in [1.29, 1.82) is 0 Å². The normalized spacial score (nSPS) is 32.0. The molecule has 4 heterocycles. The van der Waals surface area contributed by atoms with Gasteiger partial charge in [-0.25, -0.2) is 9.37 Å². The molecule has 0 aliphatic carbocycles. The number of aromatic nitrogens is 4. The van der Waals surface area contributed by atoms with E-state index in [-0.39, 0.29) is 30.0 Å². The summed E-state index contributed by atoms with van der Waals surface area (Å²) in [5.41, 5.74) is 5.45. The van der Waals surface area contributed by atoms with Crippen LogP contribution in [-0.2, 0) is 9.57 Å². The number of nitrogens with one attached hydrogen (secondary N) is 1. The molecule has 136 valence electrons. The van der Waals surface area contributed by atoms with Crippen molar-refractivity contribution in [2.24, 2.45) is 5.92 Å². The van der Waals surface area contributed by atoms with Crippen LogP contribution >= 0.6 is 0 Å². The third kappa shape index (κ3) is 2.28. The number of H-pyrrole nitrogens is 1. The minimum Gasteiger partial charge on any atom is -0.369 e. The minimum absolute atomic E-state index is 0.00523. The first kappa shape index (κ1) is 16.4. The Morgan fingerprint density at radius 1 is 1.60 bits per heavy atom. The van der Waals surface area contributed by atoms with Gasteiger partial charge >= 0.3 is 0 Å². The quantitative estimate of drug-likeness (QED) is 0.810. The van der Waals surface area contributed by atoms with Crippen molar-refractivity contribution in [3.63, 3.8) is 0 Å². The average molecular weight is 352 g/mol. The molecule has 3 N–H and O–H groups in total. The second-order valence-electron chi connectivity index (χ2n) is 6.58. The molecule has 0 spiro atoms. The van der Waals surface area contributed by atoms with Crippen LogP contribution < -0.4 is 11.3 Å². The van der Waals surface area contributed by atoms with Crippen LogP contribution in [0.15, 0.2) is 11.1 Å². The smallest absolute Gasteiger partial charge is 0.280 e. The van der Waals surface area contributed by atoms with Gasteiger partial charge in [-0.1, -0.05) is 13.8 Å². The summed E-state index contributed by atoms with van der Waals surface area (Å²) in [4.78, 5) is 28.4. The monoisotopic (exact) mass is 352 g/mol. The summed E-state index contributed by atoms with van der Waals surface area (Å²) < 4.78 is 20.6. The Morgan fingerprint density at radius 3 is 3.08 bits per heavy atom. The van der Waals surface area contributed by atoms with Crippen molar-refractivity contribution in [3.05, 3.63) is 16.7 Å². The maximum absolute atomic E-state index is 12.6. The molecule has 10 heteroatoms. The van der Waals surface area contributed by atoms with E-state index in [1.807, 2.05) is 0 Å². The van der Waals surface area contributed by atoms with E-state index >= 15 is 0 Å².